The van der Waals surface area contributed by atoms with Gasteiger partial charge < -0.3 is 19.5 Å². The molecule has 4 heteroatoms. The van der Waals surface area contributed by atoms with E-state index in [1.165, 1.54) is 4.90 Å². The van der Waals surface area contributed by atoms with Crippen LogP contribution in [0.25, 0.3) is 11.6 Å². The zero-order valence-corrected chi connectivity index (χ0v) is 14.1. The summed E-state index contributed by atoms with van der Waals surface area (Å²) in [4.78, 5) is 12.8. The van der Waals surface area contributed by atoms with Gasteiger partial charge in [-0.2, -0.15) is 0 Å². The third-order valence-corrected chi connectivity index (χ3v) is 3.56. The highest BCUT2D eigenvalue weighted by Gasteiger charge is 2.04. The fourth-order valence-electron chi connectivity index (χ4n) is 2.35. The molecule has 0 aliphatic carbocycles. The SMILES string of the molecule is C[NH+](C)CCCOc1cccc(/C=C(/C(=O)[O-])c2ccccc2)c1. The summed E-state index contributed by atoms with van der Waals surface area (Å²) < 4.78 is 5.74. The summed E-state index contributed by atoms with van der Waals surface area (Å²) in [5.74, 6) is -0.454. The monoisotopic (exact) mass is 325 g/mol. The number of carbonyl (C=O) groups excluding carboxylic acids is 1. The van der Waals surface area contributed by atoms with Crippen LogP contribution < -0.4 is 14.7 Å². The first-order chi connectivity index (χ1) is 11.6. The lowest BCUT2D eigenvalue weighted by atomic mass is 10.0. The molecule has 0 saturated carbocycles. The van der Waals surface area contributed by atoms with E-state index < -0.39 is 5.97 Å². The molecule has 0 radical (unpaired) electrons. The third-order valence-electron chi connectivity index (χ3n) is 3.56. The van der Waals surface area contributed by atoms with Gasteiger partial charge in [0.05, 0.1) is 33.2 Å². The van der Waals surface area contributed by atoms with Crippen molar-refractivity contribution >= 4 is 17.6 Å². The molecule has 1 N–H and O–H groups in total. The van der Waals surface area contributed by atoms with Gasteiger partial charge in [-0.05, 0) is 29.3 Å². The Bertz CT molecular complexity index is 693. The minimum absolute atomic E-state index is 0.156. The number of quaternary nitrogens is 1. The lowest BCUT2D eigenvalue weighted by molar-refractivity contribution is -0.858. The topological polar surface area (TPSA) is 53.8 Å². The number of benzene rings is 2. The van der Waals surface area contributed by atoms with Crippen LogP contribution in [-0.4, -0.2) is 33.2 Å². The van der Waals surface area contributed by atoms with E-state index in [1.807, 2.05) is 30.3 Å². The number of hydrogen-bond acceptors (Lipinski definition) is 3. The van der Waals surface area contributed by atoms with Crippen molar-refractivity contribution in [1.29, 1.82) is 0 Å². The van der Waals surface area contributed by atoms with Crippen LogP contribution in [-0.2, 0) is 4.79 Å². The number of carboxylic acid groups (broad SMARTS) is 1. The number of rotatable bonds is 8. The summed E-state index contributed by atoms with van der Waals surface area (Å²) >= 11 is 0. The Hall–Kier alpha value is -2.59. The number of ether oxygens (including phenoxy) is 1. The lowest BCUT2D eigenvalue weighted by Gasteiger charge is -2.11. The smallest absolute Gasteiger partial charge is 0.119 e. The normalized spacial score (nSPS) is 11.5. The highest BCUT2D eigenvalue weighted by Crippen LogP contribution is 2.20. The van der Waals surface area contributed by atoms with E-state index in [0.717, 1.165) is 24.3 Å². The van der Waals surface area contributed by atoms with E-state index in [9.17, 15) is 9.90 Å². The molecular formula is C20H23NO3. The first-order valence-corrected chi connectivity index (χ1v) is 8.06. The van der Waals surface area contributed by atoms with Gasteiger partial charge in [-0.15, -0.1) is 0 Å². The molecule has 0 spiro atoms. The van der Waals surface area contributed by atoms with Crippen LogP contribution in [0.5, 0.6) is 5.75 Å². The number of carbonyl (C=O) groups is 1. The maximum atomic E-state index is 11.5. The first kappa shape index (κ1) is 17.8. The average molecular weight is 325 g/mol. The average Bonchev–Trinajstić information content (AvgIpc) is 2.57. The van der Waals surface area contributed by atoms with Crippen molar-refractivity contribution in [2.24, 2.45) is 0 Å². The summed E-state index contributed by atoms with van der Waals surface area (Å²) in [6.45, 7) is 1.69. The molecule has 24 heavy (non-hydrogen) atoms. The van der Waals surface area contributed by atoms with Gasteiger partial charge in [0.25, 0.3) is 0 Å². The molecule has 2 aromatic carbocycles. The fraction of sp³-hybridized carbons (Fsp3) is 0.250. The van der Waals surface area contributed by atoms with Gasteiger partial charge in [0.1, 0.15) is 5.75 Å². The molecule has 0 aliphatic heterocycles. The van der Waals surface area contributed by atoms with Crippen molar-refractivity contribution in [3.05, 3.63) is 65.7 Å². The molecule has 0 fully saturated rings. The Morgan fingerprint density at radius 1 is 1.12 bits per heavy atom. The highest BCUT2D eigenvalue weighted by molar-refractivity contribution is 6.19. The maximum absolute atomic E-state index is 11.5. The summed E-state index contributed by atoms with van der Waals surface area (Å²) in [6.07, 6.45) is 2.58. The molecule has 2 aromatic rings. The van der Waals surface area contributed by atoms with Crippen LogP contribution in [0.1, 0.15) is 17.5 Å². The van der Waals surface area contributed by atoms with Gasteiger partial charge >= 0.3 is 0 Å². The van der Waals surface area contributed by atoms with Gasteiger partial charge in [0, 0.05) is 12.0 Å². The van der Waals surface area contributed by atoms with E-state index in [2.05, 4.69) is 14.1 Å². The van der Waals surface area contributed by atoms with Crippen molar-refractivity contribution in [3.8, 4) is 5.75 Å². The summed E-state index contributed by atoms with van der Waals surface area (Å²) in [7, 11) is 4.22. The second-order valence-electron chi connectivity index (χ2n) is 5.94. The number of carboxylic acids is 1. The molecule has 0 heterocycles. The first-order valence-electron chi connectivity index (χ1n) is 8.06. The zero-order chi connectivity index (χ0) is 17.4. The summed E-state index contributed by atoms with van der Waals surface area (Å²) in [6, 6.07) is 16.4. The van der Waals surface area contributed by atoms with Gasteiger partial charge in [0.2, 0.25) is 0 Å². The van der Waals surface area contributed by atoms with Crippen molar-refractivity contribution in [2.75, 3.05) is 27.2 Å². The second-order valence-corrected chi connectivity index (χ2v) is 5.94. The van der Waals surface area contributed by atoms with E-state index in [4.69, 9.17) is 4.74 Å². The minimum Gasteiger partial charge on any atom is -0.545 e. The Balaban J connectivity index is 2.13. The van der Waals surface area contributed by atoms with Crippen molar-refractivity contribution in [1.82, 2.24) is 0 Å². The Morgan fingerprint density at radius 3 is 2.54 bits per heavy atom. The quantitative estimate of drug-likeness (QED) is 0.445. The second kappa shape index (κ2) is 8.89. The van der Waals surface area contributed by atoms with E-state index >= 15 is 0 Å². The Morgan fingerprint density at radius 2 is 1.88 bits per heavy atom. The molecule has 0 saturated heterocycles. The Kier molecular flexibility index (Phi) is 6.58. The van der Waals surface area contributed by atoms with E-state index in [0.29, 0.717) is 12.2 Å². The minimum atomic E-state index is -1.19. The van der Waals surface area contributed by atoms with Crippen molar-refractivity contribution in [3.63, 3.8) is 0 Å². The van der Waals surface area contributed by atoms with Crippen LogP contribution in [0.3, 0.4) is 0 Å². The molecule has 0 aliphatic rings. The molecule has 4 nitrogen and oxygen atoms in total. The number of nitrogens with one attached hydrogen (secondary N) is 1. The van der Waals surface area contributed by atoms with Crippen LogP contribution in [0.2, 0.25) is 0 Å². The van der Waals surface area contributed by atoms with Crippen LogP contribution in [0, 0.1) is 0 Å². The molecule has 0 bridgehead atoms. The Labute approximate surface area is 143 Å². The highest BCUT2D eigenvalue weighted by atomic mass is 16.5. The van der Waals surface area contributed by atoms with Gasteiger partial charge in [-0.25, -0.2) is 0 Å². The van der Waals surface area contributed by atoms with Crippen LogP contribution >= 0.6 is 0 Å². The molecular weight excluding hydrogens is 302 g/mol. The van der Waals surface area contributed by atoms with E-state index in [-0.39, 0.29) is 5.57 Å². The third kappa shape index (κ3) is 5.56. The summed E-state index contributed by atoms with van der Waals surface area (Å²) in [5.41, 5.74) is 1.55. The molecule has 2 rings (SSSR count). The number of hydrogen-bond donors (Lipinski definition) is 1. The molecule has 126 valence electrons. The lowest BCUT2D eigenvalue weighted by Crippen LogP contribution is -3.05. The summed E-state index contributed by atoms with van der Waals surface area (Å²) in [5, 5.41) is 11.5. The van der Waals surface area contributed by atoms with Crippen molar-refractivity contribution in [2.45, 2.75) is 6.42 Å². The van der Waals surface area contributed by atoms with E-state index in [1.54, 1.807) is 30.3 Å². The molecule has 0 amide bonds. The largest absolute Gasteiger partial charge is 0.545 e. The maximum Gasteiger partial charge on any atom is 0.119 e. The van der Waals surface area contributed by atoms with Crippen LogP contribution in [0.4, 0.5) is 0 Å². The molecule has 0 atom stereocenters. The van der Waals surface area contributed by atoms with Gasteiger partial charge in [-0.3, -0.25) is 0 Å². The van der Waals surface area contributed by atoms with Crippen molar-refractivity contribution < 1.29 is 19.5 Å². The molecule has 0 unspecified atom stereocenters. The van der Waals surface area contributed by atoms with Crippen LogP contribution in [0.15, 0.2) is 54.6 Å². The fourth-order valence-corrected chi connectivity index (χ4v) is 2.35. The zero-order valence-electron chi connectivity index (χ0n) is 14.1. The standard InChI is InChI=1S/C20H23NO3/c1-21(2)12-7-13-24-18-11-6-8-16(14-18)15-19(20(22)23)17-9-4-3-5-10-17/h3-6,8-11,14-15H,7,12-13H2,1-2H3,(H,22,23)/b19-15+. The number of aliphatic carboxylic acids is 1. The van der Waals surface area contributed by atoms with Gasteiger partial charge in [0.15, 0.2) is 0 Å². The molecule has 0 aromatic heterocycles. The van der Waals surface area contributed by atoms with Gasteiger partial charge in [-0.1, -0.05) is 42.5 Å². The predicted molar refractivity (Wildman–Crippen MR) is 93.6 cm³/mol. The predicted octanol–water partition coefficient (Wildman–Crippen LogP) is 0.891.